The van der Waals surface area contributed by atoms with Gasteiger partial charge in [0.1, 0.15) is 6.54 Å². The van der Waals surface area contributed by atoms with Crippen LogP contribution >= 0.6 is 0 Å². The Bertz CT molecular complexity index is 981. The van der Waals surface area contributed by atoms with Crippen molar-refractivity contribution < 1.29 is 4.79 Å². The van der Waals surface area contributed by atoms with Crippen LogP contribution in [-0.2, 0) is 17.9 Å². The van der Waals surface area contributed by atoms with Crippen LogP contribution in [0.5, 0.6) is 0 Å². The summed E-state index contributed by atoms with van der Waals surface area (Å²) >= 11 is 0. The second-order valence-electron chi connectivity index (χ2n) is 6.17. The predicted octanol–water partition coefficient (Wildman–Crippen LogP) is 2.24. The zero-order chi connectivity index (χ0) is 18.5. The van der Waals surface area contributed by atoms with Crippen LogP contribution in [0.15, 0.2) is 59.7 Å². The van der Waals surface area contributed by atoms with Crippen molar-refractivity contribution in [1.29, 1.82) is 0 Å². The number of amides is 1. The van der Waals surface area contributed by atoms with Crippen LogP contribution in [0.1, 0.15) is 16.7 Å². The Balaban J connectivity index is 1.76. The van der Waals surface area contributed by atoms with E-state index >= 15 is 0 Å². The van der Waals surface area contributed by atoms with Crippen molar-refractivity contribution in [1.82, 2.24) is 20.1 Å². The van der Waals surface area contributed by atoms with Crippen molar-refractivity contribution in [3.05, 3.63) is 81.9 Å². The summed E-state index contributed by atoms with van der Waals surface area (Å²) < 4.78 is 1.19. The fourth-order valence-electron chi connectivity index (χ4n) is 2.61. The molecule has 3 aromatic rings. The first-order chi connectivity index (χ1) is 12.5. The summed E-state index contributed by atoms with van der Waals surface area (Å²) in [5.74, 6) is -0.269. The van der Waals surface area contributed by atoms with Gasteiger partial charge in [-0.1, -0.05) is 17.7 Å². The van der Waals surface area contributed by atoms with Crippen LogP contribution in [0, 0.1) is 13.8 Å². The molecule has 1 N–H and O–H groups in total. The van der Waals surface area contributed by atoms with E-state index in [1.807, 2.05) is 44.2 Å². The molecule has 0 spiro atoms. The fourth-order valence-corrected chi connectivity index (χ4v) is 2.61. The maximum absolute atomic E-state index is 12.2. The number of carbonyl (C=O) groups excluding carboxylic acids is 1. The Morgan fingerprint density at radius 3 is 2.62 bits per heavy atom. The number of pyridine rings is 1. The van der Waals surface area contributed by atoms with Gasteiger partial charge in [0, 0.05) is 30.6 Å². The molecule has 3 rings (SSSR count). The van der Waals surface area contributed by atoms with Crippen molar-refractivity contribution in [3.8, 4) is 11.3 Å². The zero-order valence-corrected chi connectivity index (χ0v) is 14.8. The van der Waals surface area contributed by atoms with Gasteiger partial charge in [-0.25, -0.2) is 4.68 Å². The van der Waals surface area contributed by atoms with E-state index in [4.69, 9.17) is 0 Å². The van der Waals surface area contributed by atoms with Gasteiger partial charge in [0.25, 0.3) is 5.56 Å². The third-order valence-electron chi connectivity index (χ3n) is 4.07. The van der Waals surface area contributed by atoms with E-state index in [0.717, 1.165) is 22.3 Å². The number of rotatable bonds is 5. The molecule has 6 nitrogen and oxygen atoms in total. The monoisotopic (exact) mass is 348 g/mol. The Morgan fingerprint density at radius 1 is 1.08 bits per heavy atom. The molecule has 0 bridgehead atoms. The first kappa shape index (κ1) is 17.5. The quantitative estimate of drug-likeness (QED) is 0.767. The number of carbonyl (C=O) groups is 1. The molecule has 0 unspecified atom stereocenters. The highest BCUT2D eigenvalue weighted by molar-refractivity contribution is 5.75. The van der Waals surface area contributed by atoms with Gasteiger partial charge in [-0.15, -0.1) is 0 Å². The molecule has 26 heavy (non-hydrogen) atoms. The molecule has 0 fully saturated rings. The Hall–Kier alpha value is -3.28. The lowest BCUT2D eigenvalue weighted by molar-refractivity contribution is -0.122. The molecule has 1 aromatic carbocycles. The number of aryl methyl sites for hydroxylation is 2. The highest BCUT2D eigenvalue weighted by Gasteiger charge is 2.09. The SMILES string of the molecule is Cc1ccc(C)c(-c2ccc(=O)n(CC(=O)NCc3ccncc3)n2)c1. The van der Waals surface area contributed by atoms with Crippen LogP contribution in [0.25, 0.3) is 11.3 Å². The fraction of sp³-hybridized carbons (Fsp3) is 0.200. The number of benzene rings is 1. The molecule has 0 saturated heterocycles. The number of hydrogen-bond acceptors (Lipinski definition) is 4. The van der Waals surface area contributed by atoms with Crippen LogP contribution in [-0.4, -0.2) is 20.7 Å². The molecule has 1 amide bonds. The summed E-state index contributed by atoms with van der Waals surface area (Å²) in [5.41, 5.74) is 4.44. The highest BCUT2D eigenvalue weighted by atomic mass is 16.2. The first-order valence-electron chi connectivity index (χ1n) is 8.34. The van der Waals surface area contributed by atoms with Gasteiger partial charge in [-0.05, 0) is 49.2 Å². The number of nitrogens with one attached hydrogen (secondary N) is 1. The van der Waals surface area contributed by atoms with Crippen LogP contribution in [0.4, 0.5) is 0 Å². The maximum Gasteiger partial charge on any atom is 0.267 e. The average Bonchev–Trinajstić information content (AvgIpc) is 2.65. The van der Waals surface area contributed by atoms with Gasteiger partial charge in [0.15, 0.2) is 0 Å². The van der Waals surface area contributed by atoms with Crippen molar-refractivity contribution in [2.75, 3.05) is 0 Å². The van der Waals surface area contributed by atoms with Gasteiger partial charge >= 0.3 is 0 Å². The molecule has 2 heterocycles. The third kappa shape index (κ3) is 4.22. The lowest BCUT2D eigenvalue weighted by Gasteiger charge is -2.10. The molecule has 0 aliphatic heterocycles. The maximum atomic E-state index is 12.2. The molecule has 0 saturated carbocycles. The zero-order valence-electron chi connectivity index (χ0n) is 14.8. The molecule has 0 aliphatic rings. The Morgan fingerprint density at radius 2 is 1.85 bits per heavy atom. The molecule has 6 heteroatoms. The summed E-state index contributed by atoms with van der Waals surface area (Å²) in [4.78, 5) is 28.2. The molecule has 132 valence electrons. The molecular weight excluding hydrogens is 328 g/mol. The number of nitrogens with zero attached hydrogens (tertiary/aromatic N) is 3. The molecule has 0 atom stereocenters. The first-order valence-corrected chi connectivity index (χ1v) is 8.34. The molecule has 2 aromatic heterocycles. The lowest BCUT2D eigenvalue weighted by atomic mass is 10.0. The largest absolute Gasteiger partial charge is 0.350 e. The minimum Gasteiger partial charge on any atom is -0.350 e. The predicted molar refractivity (Wildman–Crippen MR) is 99.5 cm³/mol. The van der Waals surface area contributed by atoms with Gasteiger partial charge in [0.05, 0.1) is 5.69 Å². The van der Waals surface area contributed by atoms with Crippen molar-refractivity contribution in [3.63, 3.8) is 0 Å². The summed E-state index contributed by atoms with van der Waals surface area (Å²) in [7, 11) is 0. The van der Waals surface area contributed by atoms with Gasteiger partial charge in [-0.3, -0.25) is 14.6 Å². The number of aromatic nitrogens is 3. The van der Waals surface area contributed by atoms with Gasteiger partial charge in [-0.2, -0.15) is 5.10 Å². The van der Waals surface area contributed by atoms with Crippen molar-refractivity contribution >= 4 is 5.91 Å². The summed E-state index contributed by atoms with van der Waals surface area (Å²) in [5, 5.41) is 7.16. The summed E-state index contributed by atoms with van der Waals surface area (Å²) in [6.07, 6.45) is 3.34. The van der Waals surface area contributed by atoms with E-state index in [1.54, 1.807) is 18.5 Å². The molecule has 0 radical (unpaired) electrons. The van der Waals surface area contributed by atoms with Crippen molar-refractivity contribution in [2.24, 2.45) is 0 Å². The third-order valence-corrected chi connectivity index (χ3v) is 4.07. The highest BCUT2D eigenvalue weighted by Crippen LogP contribution is 2.21. The topological polar surface area (TPSA) is 76.9 Å². The lowest BCUT2D eigenvalue weighted by Crippen LogP contribution is -2.33. The van der Waals surface area contributed by atoms with Crippen LogP contribution in [0.2, 0.25) is 0 Å². The Labute approximate surface area is 151 Å². The van der Waals surface area contributed by atoms with E-state index in [2.05, 4.69) is 15.4 Å². The van der Waals surface area contributed by atoms with E-state index in [1.165, 1.54) is 10.7 Å². The normalized spacial score (nSPS) is 10.5. The van der Waals surface area contributed by atoms with Crippen molar-refractivity contribution in [2.45, 2.75) is 26.9 Å². The van der Waals surface area contributed by atoms with E-state index in [0.29, 0.717) is 12.2 Å². The minimum absolute atomic E-state index is 0.122. The standard InChI is InChI=1S/C20H20N4O2/c1-14-3-4-15(2)17(11-14)18-5-6-20(26)24(23-18)13-19(25)22-12-16-7-9-21-10-8-16/h3-11H,12-13H2,1-2H3,(H,22,25). The van der Waals surface area contributed by atoms with Crippen LogP contribution in [0.3, 0.4) is 0 Å². The number of hydrogen-bond donors (Lipinski definition) is 1. The van der Waals surface area contributed by atoms with E-state index in [-0.39, 0.29) is 18.0 Å². The molecule has 0 aliphatic carbocycles. The van der Waals surface area contributed by atoms with E-state index < -0.39 is 0 Å². The smallest absolute Gasteiger partial charge is 0.267 e. The van der Waals surface area contributed by atoms with Gasteiger partial charge in [0.2, 0.25) is 5.91 Å². The van der Waals surface area contributed by atoms with Crippen LogP contribution < -0.4 is 10.9 Å². The summed E-state index contributed by atoms with van der Waals surface area (Å²) in [6.45, 7) is 4.26. The van der Waals surface area contributed by atoms with Gasteiger partial charge < -0.3 is 5.32 Å². The second kappa shape index (κ2) is 7.74. The minimum atomic E-state index is -0.307. The summed E-state index contributed by atoms with van der Waals surface area (Å²) in [6, 6.07) is 12.9. The average molecular weight is 348 g/mol. The van der Waals surface area contributed by atoms with E-state index in [9.17, 15) is 9.59 Å². The Kier molecular flexibility index (Phi) is 5.22. The second-order valence-corrected chi connectivity index (χ2v) is 6.17. The molecular formula is C20H20N4O2.